The van der Waals surface area contributed by atoms with Crippen LogP contribution in [-0.2, 0) is 4.79 Å². The van der Waals surface area contributed by atoms with Crippen LogP contribution in [0.3, 0.4) is 0 Å². The van der Waals surface area contributed by atoms with Gasteiger partial charge in [0.15, 0.2) is 0 Å². The van der Waals surface area contributed by atoms with Crippen LogP contribution in [0.25, 0.3) is 0 Å². The van der Waals surface area contributed by atoms with Crippen LogP contribution in [0.15, 0.2) is 0 Å². The Bertz CT molecular complexity index is 357. The maximum Gasteiger partial charge on any atom is 0.226 e. The standard InChI is InChI=1S/C18H33N3O/c1-19-13-8-17(9-14-19)21-12-6-7-16(15-21)18(22)20-10-4-2-3-5-11-20/h16-17H,2-15H2,1H3/t16-/m1/s1. The second kappa shape index (κ2) is 7.78. The number of amides is 1. The third-order valence-electron chi connectivity index (χ3n) is 5.92. The first-order valence-corrected chi connectivity index (χ1v) is 9.45. The zero-order valence-corrected chi connectivity index (χ0v) is 14.3. The summed E-state index contributed by atoms with van der Waals surface area (Å²) in [6.07, 6.45) is 9.89. The topological polar surface area (TPSA) is 26.8 Å². The quantitative estimate of drug-likeness (QED) is 0.782. The molecule has 4 nitrogen and oxygen atoms in total. The SMILES string of the molecule is CN1CCC(N2CCC[C@@H](C(=O)N3CCCCCC3)C2)CC1. The normalized spacial score (nSPS) is 30.2. The summed E-state index contributed by atoms with van der Waals surface area (Å²) in [4.78, 5) is 20.1. The molecule has 3 aliphatic heterocycles. The minimum absolute atomic E-state index is 0.270. The fourth-order valence-electron chi connectivity index (χ4n) is 4.45. The van der Waals surface area contributed by atoms with Gasteiger partial charge >= 0.3 is 0 Å². The van der Waals surface area contributed by atoms with E-state index in [4.69, 9.17) is 0 Å². The Hall–Kier alpha value is -0.610. The number of rotatable bonds is 2. The Kier molecular flexibility index (Phi) is 5.75. The van der Waals surface area contributed by atoms with E-state index in [9.17, 15) is 4.79 Å². The first-order chi connectivity index (χ1) is 10.7. The lowest BCUT2D eigenvalue weighted by Crippen LogP contribution is -2.51. The van der Waals surface area contributed by atoms with Crippen molar-refractivity contribution < 1.29 is 4.79 Å². The predicted molar refractivity (Wildman–Crippen MR) is 89.9 cm³/mol. The van der Waals surface area contributed by atoms with Gasteiger partial charge in [0, 0.05) is 25.7 Å². The Morgan fingerprint density at radius 2 is 1.50 bits per heavy atom. The van der Waals surface area contributed by atoms with Gasteiger partial charge in [0.05, 0.1) is 5.92 Å². The molecule has 1 atom stereocenters. The average Bonchev–Trinajstić information content (AvgIpc) is 2.84. The van der Waals surface area contributed by atoms with Gasteiger partial charge in [0.1, 0.15) is 0 Å². The number of hydrogen-bond donors (Lipinski definition) is 0. The first-order valence-electron chi connectivity index (χ1n) is 9.45. The number of piperidine rings is 2. The van der Waals surface area contributed by atoms with Crippen molar-refractivity contribution in [2.75, 3.05) is 46.3 Å². The van der Waals surface area contributed by atoms with E-state index in [1.165, 1.54) is 64.6 Å². The first kappa shape index (κ1) is 16.3. The van der Waals surface area contributed by atoms with Crippen molar-refractivity contribution in [2.24, 2.45) is 5.92 Å². The molecule has 3 aliphatic rings. The lowest BCUT2D eigenvalue weighted by Gasteiger charge is -2.42. The Balaban J connectivity index is 1.54. The average molecular weight is 307 g/mol. The summed E-state index contributed by atoms with van der Waals surface area (Å²) in [5, 5.41) is 0. The van der Waals surface area contributed by atoms with Gasteiger partial charge in [-0.2, -0.15) is 0 Å². The fraction of sp³-hybridized carbons (Fsp3) is 0.944. The summed E-state index contributed by atoms with van der Waals surface area (Å²) in [6, 6.07) is 0.718. The smallest absolute Gasteiger partial charge is 0.226 e. The highest BCUT2D eigenvalue weighted by molar-refractivity contribution is 5.79. The molecule has 22 heavy (non-hydrogen) atoms. The van der Waals surface area contributed by atoms with Gasteiger partial charge in [-0.25, -0.2) is 0 Å². The molecular formula is C18H33N3O. The molecule has 1 amide bonds. The molecular weight excluding hydrogens is 274 g/mol. The van der Waals surface area contributed by atoms with Gasteiger partial charge in [-0.15, -0.1) is 0 Å². The number of carbonyl (C=O) groups is 1. The van der Waals surface area contributed by atoms with E-state index in [0.717, 1.165) is 32.1 Å². The van der Waals surface area contributed by atoms with Crippen LogP contribution in [0.4, 0.5) is 0 Å². The van der Waals surface area contributed by atoms with Crippen LogP contribution in [0.1, 0.15) is 51.4 Å². The molecule has 3 saturated heterocycles. The second-order valence-corrected chi connectivity index (χ2v) is 7.61. The summed E-state index contributed by atoms with van der Waals surface area (Å²) < 4.78 is 0. The molecule has 0 saturated carbocycles. The molecule has 0 radical (unpaired) electrons. The van der Waals surface area contributed by atoms with Crippen LogP contribution in [0.5, 0.6) is 0 Å². The van der Waals surface area contributed by atoms with Crippen molar-refractivity contribution in [1.82, 2.24) is 14.7 Å². The molecule has 0 N–H and O–H groups in total. The van der Waals surface area contributed by atoms with E-state index in [-0.39, 0.29) is 5.92 Å². The lowest BCUT2D eigenvalue weighted by molar-refractivity contribution is -0.137. The van der Waals surface area contributed by atoms with Gasteiger partial charge in [-0.05, 0) is 65.2 Å². The monoisotopic (exact) mass is 307 g/mol. The van der Waals surface area contributed by atoms with Gasteiger partial charge < -0.3 is 9.80 Å². The minimum Gasteiger partial charge on any atom is -0.342 e. The van der Waals surface area contributed by atoms with Crippen LogP contribution in [0, 0.1) is 5.92 Å². The van der Waals surface area contributed by atoms with Crippen molar-refractivity contribution in [3.05, 3.63) is 0 Å². The number of carbonyl (C=O) groups excluding carboxylic acids is 1. The number of likely N-dealkylation sites (tertiary alicyclic amines) is 3. The molecule has 4 heteroatoms. The van der Waals surface area contributed by atoms with Gasteiger partial charge in [0.2, 0.25) is 5.91 Å². The van der Waals surface area contributed by atoms with E-state index in [1.807, 2.05) is 0 Å². The van der Waals surface area contributed by atoms with Crippen LogP contribution in [-0.4, -0.2) is 73.0 Å². The van der Waals surface area contributed by atoms with Crippen molar-refractivity contribution in [2.45, 2.75) is 57.4 Å². The third kappa shape index (κ3) is 4.02. The highest BCUT2D eigenvalue weighted by Crippen LogP contribution is 2.25. The summed E-state index contributed by atoms with van der Waals surface area (Å²) in [6.45, 7) is 6.66. The summed E-state index contributed by atoms with van der Waals surface area (Å²) in [5.41, 5.74) is 0. The highest BCUT2D eigenvalue weighted by Gasteiger charge is 2.33. The largest absolute Gasteiger partial charge is 0.342 e. The van der Waals surface area contributed by atoms with E-state index in [1.54, 1.807) is 0 Å². The molecule has 0 aromatic rings. The van der Waals surface area contributed by atoms with E-state index in [2.05, 4.69) is 21.7 Å². The molecule has 3 rings (SSSR count). The Morgan fingerprint density at radius 1 is 0.818 bits per heavy atom. The van der Waals surface area contributed by atoms with Crippen LogP contribution >= 0.6 is 0 Å². The number of hydrogen-bond acceptors (Lipinski definition) is 3. The molecule has 0 aromatic carbocycles. The molecule has 0 unspecified atom stereocenters. The lowest BCUT2D eigenvalue weighted by atomic mass is 9.93. The Labute approximate surface area is 135 Å². The summed E-state index contributed by atoms with van der Waals surface area (Å²) in [5.74, 6) is 0.728. The summed E-state index contributed by atoms with van der Waals surface area (Å²) >= 11 is 0. The van der Waals surface area contributed by atoms with Gasteiger partial charge in [-0.3, -0.25) is 9.69 Å². The van der Waals surface area contributed by atoms with Crippen LogP contribution in [0.2, 0.25) is 0 Å². The predicted octanol–water partition coefficient (Wildman–Crippen LogP) is 2.20. The summed E-state index contributed by atoms with van der Waals surface area (Å²) in [7, 11) is 2.22. The number of nitrogens with zero attached hydrogens (tertiary/aromatic N) is 3. The third-order valence-corrected chi connectivity index (χ3v) is 5.92. The molecule has 3 heterocycles. The highest BCUT2D eigenvalue weighted by atomic mass is 16.2. The fourth-order valence-corrected chi connectivity index (χ4v) is 4.45. The van der Waals surface area contributed by atoms with Crippen molar-refractivity contribution in [3.8, 4) is 0 Å². The Morgan fingerprint density at radius 3 is 2.18 bits per heavy atom. The van der Waals surface area contributed by atoms with E-state index < -0.39 is 0 Å². The second-order valence-electron chi connectivity index (χ2n) is 7.61. The van der Waals surface area contributed by atoms with Gasteiger partial charge in [-0.1, -0.05) is 12.8 Å². The van der Waals surface area contributed by atoms with Gasteiger partial charge in [0.25, 0.3) is 0 Å². The van der Waals surface area contributed by atoms with E-state index in [0.29, 0.717) is 5.91 Å². The molecule has 0 aromatic heterocycles. The van der Waals surface area contributed by atoms with E-state index >= 15 is 0 Å². The maximum absolute atomic E-state index is 12.9. The van der Waals surface area contributed by atoms with Crippen LogP contribution < -0.4 is 0 Å². The van der Waals surface area contributed by atoms with Crippen molar-refractivity contribution >= 4 is 5.91 Å². The zero-order valence-electron chi connectivity index (χ0n) is 14.3. The minimum atomic E-state index is 0.270. The molecule has 0 spiro atoms. The van der Waals surface area contributed by atoms with Crippen molar-refractivity contribution in [3.63, 3.8) is 0 Å². The molecule has 0 bridgehead atoms. The maximum atomic E-state index is 12.9. The van der Waals surface area contributed by atoms with Crippen molar-refractivity contribution in [1.29, 1.82) is 0 Å². The molecule has 0 aliphatic carbocycles. The zero-order chi connectivity index (χ0) is 15.4. The molecule has 3 fully saturated rings. The molecule has 126 valence electrons.